The van der Waals surface area contributed by atoms with Crippen LogP contribution in [0.15, 0.2) is 29.7 Å². The van der Waals surface area contributed by atoms with E-state index in [0.29, 0.717) is 25.3 Å². The molecular formula is C16H17ClN4O2. The topological polar surface area (TPSA) is 68.1 Å². The van der Waals surface area contributed by atoms with Gasteiger partial charge in [-0.05, 0) is 42.5 Å². The summed E-state index contributed by atoms with van der Waals surface area (Å²) in [6.45, 7) is 7.17. The molecule has 1 unspecified atom stereocenters. The fourth-order valence-electron chi connectivity index (χ4n) is 3.03. The number of hydrogen-bond acceptors (Lipinski definition) is 4. The maximum absolute atomic E-state index is 12.4. The van der Waals surface area contributed by atoms with Gasteiger partial charge in [-0.25, -0.2) is 4.98 Å². The van der Waals surface area contributed by atoms with Crippen molar-refractivity contribution in [3.8, 4) is 0 Å². The number of likely N-dealkylation sites (tertiary alicyclic amines) is 1. The van der Waals surface area contributed by atoms with E-state index < -0.39 is 0 Å². The summed E-state index contributed by atoms with van der Waals surface area (Å²) < 4.78 is 1.63. The Bertz CT molecular complexity index is 846. The first-order chi connectivity index (χ1) is 11.0. The van der Waals surface area contributed by atoms with E-state index in [-0.39, 0.29) is 22.7 Å². The Morgan fingerprint density at radius 1 is 1.57 bits per heavy atom. The molecule has 2 aromatic heterocycles. The van der Waals surface area contributed by atoms with Gasteiger partial charge in [-0.2, -0.15) is 4.98 Å². The average Bonchev–Trinajstić information content (AvgIpc) is 2.99. The Morgan fingerprint density at radius 3 is 3.09 bits per heavy atom. The van der Waals surface area contributed by atoms with Gasteiger partial charge < -0.3 is 4.90 Å². The molecule has 7 heteroatoms. The molecule has 0 saturated carbocycles. The fraction of sp³-hybridized carbons (Fsp3) is 0.375. The van der Waals surface area contributed by atoms with E-state index in [4.69, 9.17) is 11.6 Å². The highest BCUT2D eigenvalue weighted by molar-refractivity contribution is 6.28. The van der Waals surface area contributed by atoms with Crippen LogP contribution in [0.1, 0.15) is 12.0 Å². The zero-order valence-corrected chi connectivity index (χ0v) is 13.6. The largest absolute Gasteiger partial charge is 0.339 e. The summed E-state index contributed by atoms with van der Waals surface area (Å²) in [5, 5.41) is 0.928. The minimum absolute atomic E-state index is 0.0704. The summed E-state index contributed by atoms with van der Waals surface area (Å²) in [6.07, 6.45) is 3.81. The molecule has 6 nitrogen and oxygen atoms in total. The van der Waals surface area contributed by atoms with Crippen LogP contribution in [0.4, 0.5) is 0 Å². The summed E-state index contributed by atoms with van der Waals surface area (Å²) in [5.74, 6) is 0.134. The second-order valence-corrected chi connectivity index (χ2v) is 6.13. The number of carbonyl (C=O) groups is 1. The number of fused-ring (bicyclic) bond motifs is 1. The molecule has 0 spiro atoms. The molecule has 3 rings (SSSR count). The molecule has 0 N–H and O–H groups in total. The van der Waals surface area contributed by atoms with Gasteiger partial charge in [0.2, 0.25) is 11.2 Å². The first-order valence-corrected chi connectivity index (χ1v) is 7.81. The number of hydrogen-bond donors (Lipinski definition) is 0. The number of carbonyl (C=O) groups excluding carboxylic acids is 1. The van der Waals surface area contributed by atoms with Crippen LogP contribution in [0.5, 0.6) is 0 Å². The Kier molecular flexibility index (Phi) is 4.17. The van der Waals surface area contributed by atoms with E-state index in [2.05, 4.69) is 16.5 Å². The second-order valence-electron chi connectivity index (χ2n) is 5.80. The Hall–Kier alpha value is -2.21. The Morgan fingerprint density at radius 2 is 2.35 bits per heavy atom. The molecule has 1 fully saturated rings. The highest BCUT2D eigenvalue weighted by Gasteiger charge is 2.26. The summed E-state index contributed by atoms with van der Waals surface area (Å²) in [5.41, 5.74) is 1.26. The maximum atomic E-state index is 12.4. The van der Waals surface area contributed by atoms with Crippen LogP contribution in [0.25, 0.3) is 11.0 Å². The number of pyridine rings is 1. The summed E-state index contributed by atoms with van der Waals surface area (Å²) in [7, 11) is 0. The van der Waals surface area contributed by atoms with Crippen LogP contribution < -0.4 is 5.56 Å². The van der Waals surface area contributed by atoms with Crippen LogP contribution in [0, 0.1) is 12.8 Å². The van der Waals surface area contributed by atoms with Gasteiger partial charge in [0.25, 0.3) is 5.56 Å². The van der Waals surface area contributed by atoms with Gasteiger partial charge in [0, 0.05) is 37.3 Å². The number of amides is 1. The second kappa shape index (κ2) is 6.12. The van der Waals surface area contributed by atoms with Crippen LogP contribution in [0.3, 0.4) is 0 Å². The SMILES string of the molecule is C=CC(=O)N1CCC(Cn2c(=O)cc(C)c3cnc(Cl)nc32)C1. The highest BCUT2D eigenvalue weighted by Crippen LogP contribution is 2.21. The number of halogens is 1. The van der Waals surface area contributed by atoms with Crippen molar-refractivity contribution < 1.29 is 4.79 Å². The smallest absolute Gasteiger partial charge is 0.252 e. The lowest BCUT2D eigenvalue weighted by molar-refractivity contribution is -0.125. The summed E-state index contributed by atoms with van der Waals surface area (Å²) in [6, 6.07) is 1.58. The summed E-state index contributed by atoms with van der Waals surface area (Å²) in [4.78, 5) is 34.0. The standard InChI is InChI=1S/C16H17ClN4O2/c1-3-13(22)20-5-4-11(8-20)9-21-14(23)6-10(2)12-7-18-16(17)19-15(12)21/h3,6-7,11H,1,4-5,8-9H2,2H3. The van der Waals surface area contributed by atoms with Gasteiger partial charge in [-0.15, -0.1) is 0 Å². The molecule has 2 aromatic rings. The van der Waals surface area contributed by atoms with E-state index in [9.17, 15) is 9.59 Å². The van der Waals surface area contributed by atoms with Crippen LogP contribution in [-0.4, -0.2) is 38.4 Å². The predicted molar refractivity (Wildman–Crippen MR) is 88.4 cm³/mol. The van der Waals surface area contributed by atoms with E-state index in [1.807, 2.05) is 6.92 Å². The van der Waals surface area contributed by atoms with Crippen molar-refractivity contribution in [2.45, 2.75) is 19.9 Å². The molecule has 1 aliphatic heterocycles. The molecule has 0 bridgehead atoms. The van der Waals surface area contributed by atoms with Crippen molar-refractivity contribution in [1.29, 1.82) is 0 Å². The molecule has 1 amide bonds. The Balaban J connectivity index is 1.95. The van der Waals surface area contributed by atoms with Crippen molar-refractivity contribution in [1.82, 2.24) is 19.4 Å². The quantitative estimate of drug-likeness (QED) is 0.635. The first-order valence-electron chi connectivity index (χ1n) is 7.43. The number of aromatic nitrogens is 3. The first kappa shape index (κ1) is 15.7. The molecule has 1 saturated heterocycles. The zero-order valence-electron chi connectivity index (χ0n) is 12.8. The number of nitrogens with zero attached hydrogens (tertiary/aromatic N) is 4. The summed E-state index contributed by atoms with van der Waals surface area (Å²) >= 11 is 5.89. The minimum atomic E-state index is -0.113. The minimum Gasteiger partial charge on any atom is -0.339 e. The predicted octanol–water partition coefficient (Wildman–Crippen LogP) is 1.79. The number of rotatable bonds is 3. The number of aryl methyl sites for hydroxylation is 1. The van der Waals surface area contributed by atoms with Crippen molar-refractivity contribution in [3.05, 3.63) is 46.1 Å². The third kappa shape index (κ3) is 2.99. The van der Waals surface area contributed by atoms with Crippen molar-refractivity contribution >= 4 is 28.5 Å². The zero-order chi connectivity index (χ0) is 16.6. The van der Waals surface area contributed by atoms with Crippen LogP contribution in [-0.2, 0) is 11.3 Å². The molecule has 1 aliphatic rings. The lowest BCUT2D eigenvalue weighted by Crippen LogP contribution is -2.29. The van der Waals surface area contributed by atoms with Crippen molar-refractivity contribution in [3.63, 3.8) is 0 Å². The van der Waals surface area contributed by atoms with Gasteiger partial charge in [0.1, 0.15) is 5.65 Å². The Labute approximate surface area is 138 Å². The van der Waals surface area contributed by atoms with Crippen LogP contribution in [0.2, 0.25) is 5.28 Å². The van der Waals surface area contributed by atoms with Gasteiger partial charge in [0.05, 0.1) is 0 Å². The third-order valence-corrected chi connectivity index (χ3v) is 4.42. The average molecular weight is 333 g/mol. The molecule has 23 heavy (non-hydrogen) atoms. The van der Waals surface area contributed by atoms with Gasteiger partial charge in [-0.3, -0.25) is 14.2 Å². The molecule has 3 heterocycles. The van der Waals surface area contributed by atoms with Gasteiger partial charge in [-0.1, -0.05) is 6.58 Å². The van der Waals surface area contributed by atoms with Crippen LogP contribution >= 0.6 is 11.6 Å². The molecular weight excluding hydrogens is 316 g/mol. The van der Waals surface area contributed by atoms with E-state index in [0.717, 1.165) is 17.4 Å². The van der Waals surface area contributed by atoms with E-state index in [1.165, 1.54) is 6.08 Å². The molecule has 120 valence electrons. The monoisotopic (exact) mass is 332 g/mol. The maximum Gasteiger partial charge on any atom is 0.252 e. The van der Waals surface area contributed by atoms with Crippen molar-refractivity contribution in [2.75, 3.05) is 13.1 Å². The lowest BCUT2D eigenvalue weighted by Gasteiger charge is -2.16. The highest BCUT2D eigenvalue weighted by atomic mass is 35.5. The fourth-order valence-corrected chi connectivity index (χ4v) is 3.16. The normalized spacial score (nSPS) is 17.7. The molecule has 1 atom stereocenters. The van der Waals surface area contributed by atoms with E-state index in [1.54, 1.807) is 21.7 Å². The van der Waals surface area contributed by atoms with Gasteiger partial charge in [0.15, 0.2) is 0 Å². The molecule has 0 aromatic carbocycles. The van der Waals surface area contributed by atoms with Crippen molar-refractivity contribution in [2.24, 2.45) is 5.92 Å². The van der Waals surface area contributed by atoms with E-state index >= 15 is 0 Å². The van der Waals surface area contributed by atoms with Gasteiger partial charge >= 0.3 is 0 Å². The lowest BCUT2D eigenvalue weighted by atomic mass is 10.1. The third-order valence-electron chi connectivity index (χ3n) is 4.24. The molecule has 0 aliphatic carbocycles. The molecule has 0 radical (unpaired) electrons.